The number of hydrogen-bond donors (Lipinski definition) is 2. The first-order valence-corrected chi connectivity index (χ1v) is 6.57. The lowest BCUT2D eigenvalue weighted by Gasteiger charge is -2.33. The molecular formula is C13H26N2O3. The minimum atomic E-state index is -1.03. The Kier molecular flexibility index (Phi) is 6.91. The van der Waals surface area contributed by atoms with Gasteiger partial charge in [-0.25, -0.2) is 0 Å². The van der Waals surface area contributed by atoms with Crippen LogP contribution in [0.4, 0.5) is 0 Å². The van der Waals surface area contributed by atoms with Crippen molar-refractivity contribution in [2.24, 2.45) is 0 Å². The average molecular weight is 258 g/mol. The Morgan fingerprint density at radius 3 is 2.06 bits per heavy atom. The lowest BCUT2D eigenvalue weighted by Crippen LogP contribution is -2.54. The number of rotatable bonds is 8. The molecule has 0 bridgehead atoms. The molecule has 0 radical (unpaired) electrons. The third-order valence-corrected chi connectivity index (χ3v) is 3.38. The molecule has 5 nitrogen and oxygen atoms in total. The van der Waals surface area contributed by atoms with Crippen molar-refractivity contribution in [1.29, 1.82) is 0 Å². The van der Waals surface area contributed by atoms with Crippen LogP contribution in [0.25, 0.3) is 0 Å². The zero-order chi connectivity index (χ0) is 14.3. The fraction of sp³-hybridized carbons (Fsp3) is 0.846. The molecular weight excluding hydrogens is 232 g/mol. The van der Waals surface area contributed by atoms with Crippen LogP contribution in [0.2, 0.25) is 0 Å². The maximum absolute atomic E-state index is 11.9. The highest BCUT2D eigenvalue weighted by Crippen LogP contribution is 2.13. The molecule has 0 saturated carbocycles. The molecule has 0 aliphatic rings. The predicted molar refractivity (Wildman–Crippen MR) is 71.5 cm³/mol. The summed E-state index contributed by atoms with van der Waals surface area (Å²) in [6.07, 6.45) is 1.77. The van der Waals surface area contributed by atoms with Gasteiger partial charge in [-0.3, -0.25) is 14.5 Å². The summed E-state index contributed by atoms with van der Waals surface area (Å²) < 4.78 is 0. The molecule has 0 aromatic rings. The summed E-state index contributed by atoms with van der Waals surface area (Å²) in [5.74, 6) is -1.03. The molecule has 5 heteroatoms. The van der Waals surface area contributed by atoms with E-state index >= 15 is 0 Å². The number of amides is 1. The molecule has 0 unspecified atom stereocenters. The van der Waals surface area contributed by atoms with Gasteiger partial charge in [0.2, 0.25) is 5.91 Å². The van der Waals surface area contributed by atoms with E-state index in [-0.39, 0.29) is 18.5 Å². The van der Waals surface area contributed by atoms with Gasteiger partial charge in [-0.05, 0) is 33.2 Å². The van der Waals surface area contributed by atoms with Gasteiger partial charge < -0.3 is 10.4 Å². The van der Waals surface area contributed by atoms with Crippen LogP contribution < -0.4 is 5.32 Å². The fourth-order valence-electron chi connectivity index (χ4n) is 1.78. The van der Waals surface area contributed by atoms with E-state index < -0.39 is 11.5 Å². The topological polar surface area (TPSA) is 69.6 Å². The van der Waals surface area contributed by atoms with Crippen molar-refractivity contribution in [3.05, 3.63) is 0 Å². The third-order valence-electron chi connectivity index (χ3n) is 3.38. The molecule has 0 spiro atoms. The molecule has 0 heterocycles. The number of nitrogens with zero attached hydrogens (tertiary/aromatic N) is 1. The number of likely N-dealkylation sites (N-methyl/N-ethyl adjacent to an activating group) is 1. The van der Waals surface area contributed by atoms with Gasteiger partial charge in [0.05, 0.1) is 6.54 Å². The second kappa shape index (κ2) is 7.36. The highest BCUT2D eigenvalue weighted by atomic mass is 16.4. The van der Waals surface area contributed by atoms with Crippen molar-refractivity contribution in [2.45, 2.75) is 59.0 Å². The van der Waals surface area contributed by atoms with Crippen LogP contribution in [-0.4, -0.2) is 46.6 Å². The van der Waals surface area contributed by atoms with Crippen molar-refractivity contribution >= 4 is 11.9 Å². The standard InChI is InChI=1S/C13H26N2O3/c1-6-10(7-2)14-11(16)9-15(8-3)13(4,5)12(17)18/h10H,6-9H2,1-5H3,(H,14,16)(H,17,18). The monoisotopic (exact) mass is 258 g/mol. The SMILES string of the molecule is CCC(CC)NC(=O)CN(CC)C(C)(C)C(=O)O. The molecule has 0 aliphatic carbocycles. The van der Waals surface area contributed by atoms with E-state index in [9.17, 15) is 9.59 Å². The van der Waals surface area contributed by atoms with Gasteiger partial charge in [0, 0.05) is 6.04 Å². The maximum Gasteiger partial charge on any atom is 0.323 e. The number of hydrogen-bond acceptors (Lipinski definition) is 3. The highest BCUT2D eigenvalue weighted by Gasteiger charge is 2.34. The van der Waals surface area contributed by atoms with Crippen LogP contribution in [0.15, 0.2) is 0 Å². The van der Waals surface area contributed by atoms with E-state index in [1.165, 1.54) is 0 Å². The van der Waals surface area contributed by atoms with Gasteiger partial charge >= 0.3 is 5.97 Å². The number of nitrogens with one attached hydrogen (secondary N) is 1. The quantitative estimate of drug-likeness (QED) is 0.692. The number of carboxylic acid groups (broad SMARTS) is 1. The molecule has 0 aliphatic heterocycles. The van der Waals surface area contributed by atoms with Crippen LogP contribution in [0.1, 0.15) is 47.5 Å². The number of carboxylic acids is 1. The van der Waals surface area contributed by atoms with Crippen LogP contribution >= 0.6 is 0 Å². The summed E-state index contributed by atoms with van der Waals surface area (Å²) in [7, 11) is 0. The Bertz CT molecular complexity index is 286. The van der Waals surface area contributed by atoms with Crippen LogP contribution in [0.3, 0.4) is 0 Å². The summed E-state index contributed by atoms with van der Waals surface area (Å²) >= 11 is 0. The predicted octanol–water partition coefficient (Wildman–Crippen LogP) is 1.48. The minimum absolute atomic E-state index is 0.111. The Morgan fingerprint density at radius 2 is 1.72 bits per heavy atom. The van der Waals surface area contributed by atoms with E-state index in [0.29, 0.717) is 6.54 Å². The fourth-order valence-corrected chi connectivity index (χ4v) is 1.78. The summed E-state index contributed by atoms with van der Waals surface area (Å²) in [4.78, 5) is 24.7. The van der Waals surface area contributed by atoms with Gasteiger partial charge in [-0.1, -0.05) is 20.8 Å². The van der Waals surface area contributed by atoms with Crippen LogP contribution in [-0.2, 0) is 9.59 Å². The molecule has 18 heavy (non-hydrogen) atoms. The molecule has 2 N–H and O–H groups in total. The van der Waals surface area contributed by atoms with Crippen molar-refractivity contribution < 1.29 is 14.7 Å². The molecule has 106 valence electrons. The molecule has 0 rings (SSSR count). The zero-order valence-corrected chi connectivity index (χ0v) is 12.1. The number of carbonyl (C=O) groups is 2. The van der Waals surface area contributed by atoms with Gasteiger partial charge in [0.25, 0.3) is 0 Å². The van der Waals surface area contributed by atoms with Gasteiger partial charge in [0.1, 0.15) is 5.54 Å². The molecule has 0 atom stereocenters. The summed E-state index contributed by atoms with van der Waals surface area (Å²) in [5.41, 5.74) is -1.03. The first kappa shape index (κ1) is 16.9. The van der Waals surface area contributed by atoms with Gasteiger partial charge in [-0.2, -0.15) is 0 Å². The largest absolute Gasteiger partial charge is 0.480 e. The molecule has 0 aromatic carbocycles. The van der Waals surface area contributed by atoms with Crippen molar-refractivity contribution in [3.8, 4) is 0 Å². The van der Waals surface area contributed by atoms with E-state index in [4.69, 9.17) is 5.11 Å². The molecule has 0 saturated heterocycles. The summed E-state index contributed by atoms with van der Waals surface area (Å²) in [5, 5.41) is 12.1. The highest BCUT2D eigenvalue weighted by molar-refractivity contribution is 5.81. The van der Waals surface area contributed by atoms with E-state index in [1.807, 2.05) is 20.8 Å². The Hall–Kier alpha value is -1.10. The second-order valence-electron chi connectivity index (χ2n) is 4.96. The van der Waals surface area contributed by atoms with Gasteiger partial charge in [-0.15, -0.1) is 0 Å². The number of aliphatic carboxylic acids is 1. The zero-order valence-electron chi connectivity index (χ0n) is 12.1. The van der Waals surface area contributed by atoms with Crippen molar-refractivity contribution in [3.63, 3.8) is 0 Å². The van der Waals surface area contributed by atoms with Crippen molar-refractivity contribution in [2.75, 3.05) is 13.1 Å². The Morgan fingerprint density at radius 1 is 1.22 bits per heavy atom. The van der Waals surface area contributed by atoms with E-state index in [1.54, 1.807) is 18.7 Å². The maximum atomic E-state index is 11.9. The van der Waals surface area contributed by atoms with E-state index in [2.05, 4.69) is 5.32 Å². The first-order chi connectivity index (χ1) is 8.29. The number of carbonyl (C=O) groups excluding carboxylic acids is 1. The van der Waals surface area contributed by atoms with Crippen LogP contribution in [0.5, 0.6) is 0 Å². The second-order valence-corrected chi connectivity index (χ2v) is 4.96. The minimum Gasteiger partial charge on any atom is -0.480 e. The summed E-state index contributed by atoms with van der Waals surface area (Å²) in [6.45, 7) is 9.77. The first-order valence-electron chi connectivity index (χ1n) is 6.57. The van der Waals surface area contributed by atoms with E-state index in [0.717, 1.165) is 12.8 Å². The lowest BCUT2D eigenvalue weighted by molar-refractivity contribution is -0.150. The van der Waals surface area contributed by atoms with Gasteiger partial charge in [0.15, 0.2) is 0 Å². The third kappa shape index (κ3) is 4.64. The Balaban J connectivity index is 4.55. The molecule has 0 fully saturated rings. The smallest absolute Gasteiger partial charge is 0.323 e. The normalized spacial score (nSPS) is 11.9. The summed E-state index contributed by atoms with van der Waals surface area (Å²) in [6, 6.07) is 0.171. The van der Waals surface area contributed by atoms with Crippen molar-refractivity contribution in [1.82, 2.24) is 10.2 Å². The average Bonchev–Trinajstić information content (AvgIpc) is 2.32. The Labute approximate surface area is 110 Å². The van der Waals surface area contributed by atoms with Crippen LogP contribution in [0, 0.1) is 0 Å². The lowest BCUT2D eigenvalue weighted by atomic mass is 10.0. The molecule has 1 amide bonds. The molecule has 0 aromatic heterocycles.